The van der Waals surface area contributed by atoms with Gasteiger partial charge in [0.2, 0.25) is 5.91 Å². The van der Waals surface area contributed by atoms with E-state index in [-0.39, 0.29) is 5.91 Å². The van der Waals surface area contributed by atoms with Crippen LogP contribution in [0.15, 0.2) is 47.8 Å². The second-order valence-corrected chi connectivity index (χ2v) is 9.06. The molecule has 3 aromatic rings. The molecule has 0 radical (unpaired) electrons. The normalized spacial score (nSPS) is 18.2. The highest BCUT2D eigenvalue weighted by Crippen LogP contribution is 2.26. The molecule has 1 aliphatic rings. The van der Waals surface area contributed by atoms with Gasteiger partial charge < -0.3 is 5.32 Å². The molecule has 2 N–H and O–H groups in total. The Bertz CT molecular complexity index is 1010. The smallest absolute Gasteiger partial charge is 0.243 e. The van der Waals surface area contributed by atoms with Gasteiger partial charge in [0.15, 0.2) is 10.6 Å². The molecule has 1 amide bonds. The molecule has 158 valence electrons. The Morgan fingerprint density at radius 2 is 2.13 bits per heavy atom. The van der Waals surface area contributed by atoms with Gasteiger partial charge in [-0.25, -0.2) is 0 Å². The molecule has 30 heavy (non-hydrogen) atoms. The number of aromatic amines is 1. The first-order valence-electron chi connectivity index (χ1n) is 10.4. The lowest BCUT2D eigenvalue weighted by Crippen LogP contribution is -2.47. The highest BCUT2D eigenvalue weighted by atomic mass is 32.1. The van der Waals surface area contributed by atoms with E-state index >= 15 is 0 Å². The van der Waals surface area contributed by atoms with E-state index in [1.807, 2.05) is 30.5 Å². The number of thiophene rings is 1. The van der Waals surface area contributed by atoms with Gasteiger partial charge in [-0.05, 0) is 55.5 Å². The van der Waals surface area contributed by atoms with Crippen LogP contribution < -0.4 is 5.32 Å². The topological polar surface area (TPSA) is 66.0 Å². The maximum atomic E-state index is 13.0. The third kappa shape index (κ3) is 4.71. The standard InChI is InChI=1S/C22H27N5OS2/c1-16(27-20(24-25-22(27)29)19-11-7-13-30-19)21(28)23-14-18-10-5-6-12-26(18)15-17-8-3-2-4-9-17/h2-4,7-9,11,13,16,18H,5-6,10,12,14-15H2,1H3,(H,23,28)(H,25,29). The first-order valence-corrected chi connectivity index (χ1v) is 11.7. The number of benzene rings is 1. The minimum absolute atomic E-state index is 0.0319. The van der Waals surface area contributed by atoms with Crippen LogP contribution in [0, 0.1) is 4.77 Å². The van der Waals surface area contributed by atoms with Crippen molar-refractivity contribution in [2.75, 3.05) is 13.1 Å². The lowest BCUT2D eigenvalue weighted by Gasteiger charge is -2.36. The van der Waals surface area contributed by atoms with E-state index < -0.39 is 6.04 Å². The number of amides is 1. The number of hydrogen-bond acceptors (Lipinski definition) is 5. The Hall–Kier alpha value is -2.29. The van der Waals surface area contributed by atoms with Crippen LogP contribution >= 0.6 is 23.6 Å². The molecule has 0 spiro atoms. The number of nitrogens with one attached hydrogen (secondary N) is 2. The lowest BCUT2D eigenvalue weighted by atomic mass is 10.0. The van der Waals surface area contributed by atoms with E-state index in [0.29, 0.717) is 23.2 Å². The molecule has 1 aliphatic heterocycles. The Labute approximate surface area is 185 Å². The van der Waals surface area contributed by atoms with Crippen LogP contribution in [0.3, 0.4) is 0 Å². The van der Waals surface area contributed by atoms with Crippen LogP contribution in [0.4, 0.5) is 0 Å². The SMILES string of the molecule is CC(C(=O)NCC1CCCCN1Cc1ccccc1)n1c(-c2cccs2)n[nH]c1=S. The van der Waals surface area contributed by atoms with Crippen molar-refractivity contribution in [2.24, 2.45) is 0 Å². The summed E-state index contributed by atoms with van der Waals surface area (Å²) >= 11 is 6.99. The van der Waals surface area contributed by atoms with Gasteiger partial charge in [-0.1, -0.05) is 42.8 Å². The van der Waals surface area contributed by atoms with Crippen molar-refractivity contribution in [1.29, 1.82) is 0 Å². The Morgan fingerprint density at radius 3 is 2.90 bits per heavy atom. The number of hydrogen-bond donors (Lipinski definition) is 2. The van der Waals surface area contributed by atoms with Crippen molar-refractivity contribution in [3.8, 4) is 10.7 Å². The number of likely N-dealkylation sites (tertiary alicyclic amines) is 1. The van der Waals surface area contributed by atoms with E-state index in [2.05, 4.69) is 44.7 Å². The first-order chi connectivity index (χ1) is 14.6. The van der Waals surface area contributed by atoms with Gasteiger partial charge in [-0.2, -0.15) is 5.10 Å². The first kappa shape index (κ1) is 21.0. The number of H-pyrrole nitrogens is 1. The summed E-state index contributed by atoms with van der Waals surface area (Å²) in [6.07, 6.45) is 3.52. The minimum Gasteiger partial charge on any atom is -0.353 e. The van der Waals surface area contributed by atoms with Crippen LogP contribution in [-0.4, -0.2) is 44.7 Å². The quantitative estimate of drug-likeness (QED) is 0.533. The maximum Gasteiger partial charge on any atom is 0.243 e. The Balaban J connectivity index is 1.41. The molecule has 1 saturated heterocycles. The second kappa shape index (κ2) is 9.68. The fraction of sp³-hybridized carbons (Fsp3) is 0.409. The van der Waals surface area contributed by atoms with Gasteiger partial charge in [0.05, 0.1) is 4.88 Å². The second-order valence-electron chi connectivity index (χ2n) is 7.73. The monoisotopic (exact) mass is 441 g/mol. The number of piperidine rings is 1. The average molecular weight is 442 g/mol. The third-order valence-corrected chi connectivity index (χ3v) is 6.86. The largest absolute Gasteiger partial charge is 0.353 e. The highest BCUT2D eigenvalue weighted by molar-refractivity contribution is 7.71. The summed E-state index contributed by atoms with van der Waals surface area (Å²) in [5.74, 6) is 0.677. The van der Waals surface area contributed by atoms with Crippen LogP contribution in [0.2, 0.25) is 0 Å². The molecule has 1 fully saturated rings. The van der Waals surface area contributed by atoms with Gasteiger partial charge in [0, 0.05) is 19.1 Å². The van der Waals surface area contributed by atoms with E-state index in [1.54, 1.807) is 15.9 Å². The zero-order chi connectivity index (χ0) is 20.9. The van der Waals surface area contributed by atoms with Crippen molar-refractivity contribution < 1.29 is 4.79 Å². The Morgan fingerprint density at radius 1 is 1.30 bits per heavy atom. The zero-order valence-corrected chi connectivity index (χ0v) is 18.7. The molecular weight excluding hydrogens is 414 g/mol. The predicted octanol–water partition coefficient (Wildman–Crippen LogP) is 4.40. The predicted molar refractivity (Wildman–Crippen MR) is 123 cm³/mol. The van der Waals surface area contributed by atoms with Crippen LogP contribution in [0.25, 0.3) is 10.7 Å². The molecule has 8 heteroatoms. The van der Waals surface area contributed by atoms with Gasteiger partial charge in [0.1, 0.15) is 6.04 Å². The number of nitrogens with zero attached hydrogens (tertiary/aromatic N) is 3. The molecule has 2 atom stereocenters. The summed E-state index contributed by atoms with van der Waals surface area (Å²) < 4.78 is 2.27. The van der Waals surface area contributed by atoms with Crippen molar-refractivity contribution in [2.45, 2.75) is 44.8 Å². The lowest BCUT2D eigenvalue weighted by molar-refractivity contribution is -0.124. The number of carbonyl (C=O) groups excluding carboxylic acids is 1. The summed E-state index contributed by atoms with van der Waals surface area (Å²) in [5.41, 5.74) is 1.31. The van der Waals surface area contributed by atoms with Crippen molar-refractivity contribution in [3.05, 3.63) is 58.2 Å². The highest BCUT2D eigenvalue weighted by Gasteiger charge is 2.25. The average Bonchev–Trinajstić information content (AvgIpc) is 3.43. The molecule has 0 aliphatic carbocycles. The van der Waals surface area contributed by atoms with E-state index in [9.17, 15) is 4.79 Å². The molecule has 2 unspecified atom stereocenters. The maximum absolute atomic E-state index is 13.0. The van der Waals surface area contributed by atoms with Gasteiger partial charge in [-0.15, -0.1) is 11.3 Å². The summed E-state index contributed by atoms with van der Waals surface area (Å²) in [7, 11) is 0. The van der Waals surface area contributed by atoms with Gasteiger partial charge >= 0.3 is 0 Å². The molecule has 6 nitrogen and oxygen atoms in total. The van der Waals surface area contributed by atoms with Gasteiger partial charge in [0.25, 0.3) is 0 Å². The molecular formula is C22H27N5OS2. The molecule has 0 saturated carbocycles. The zero-order valence-electron chi connectivity index (χ0n) is 17.1. The van der Waals surface area contributed by atoms with Gasteiger partial charge in [-0.3, -0.25) is 19.4 Å². The fourth-order valence-electron chi connectivity index (χ4n) is 4.04. The summed E-state index contributed by atoms with van der Waals surface area (Å²) in [5, 5.41) is 12.3. The molecule has 1 aromatic carbocycles. The number of rotatable bonds is 7. The van der Waals surface area contributed by atoms with Crippen molar-refractivity contribution in [1.82, 2.24) is 25.0 Å². The molecule has 0 bridgehead atoms. The van der Waals surface area contributed by atoms with Crippen molar-refractivity contribution >= 4 is 29.5 Å². The summed E-state index contributed by atoms with van der Waals surface area (Å²) in [6, 6.07) is 14.4. The van der Waals surface area contributed by atoms with Crippen LogP contribution in [0.1, 0.15) is 37.8 Å². The molecule has 4 rings (SSSR count). The third-order valence-electron chi connectivity index (χ3n) is 5.70. The molecule has 3 heterocycles. The number of carbonyl (C=O) groups is 1. The fourth-order valence-corrected chi connectivity index (χ4v) is 5.04. The van der Waals surface area contributed by atoms with Crippen LogP contribution in [0.5, 0.6) is 0 Å². The van der Waals surface area contributed by atoms with E-state index in [4.69, 9.17) is 12.2 Å². The Kier molecular flexibility index (Phi) is 6.76. The van der Waals surface area contributed by atoms with E-state index in [1.165, 1.54) is 18.4 Å². The molecule has 2 aromatic heterocycles. The van der Waals surface area contributed by atoms with Crippen LogP contribution in [-0.2, 0) is 11.3 Å². The number of aromatic nitrogens is 3. The summed E-state index contributed by atoms with van der Waals surface area (Å²) in [4.78, 5) is 16.5. The van der Waals surface area contributed by atoms with E-state index in [0.717, 1.165) is 24.4 Å². The van der Waals surface area contributed by atoms with Crippen molar-refractivity contribution in [3.63, 3.8) is 0 Å². The minimum atomic E-state index is -0.431. The summed E-state index contributed by atoms with van der Waals surface area (Å²) in [6.45, 7) is 4.52.